The Kier molecular flexibility index (Phi) is 3.10. The van der Waals surface area contributed by atoms with Gasteiger partial charge in [-0.25, -0.2) is 8.78 Å². The number of hydrogen-bond donors (Lipinski definition) is 1. The van der Waals surface area contributed by atoms with Crippen LogP contribution in [-0.2, 0) is 0 Å². The zero-order chi connectivity index (χ0) is 12.4. The largest absolute Gasteiger partial charge is 0.319 e. The van der Waals surface area contributed by atoms with E-state index in [1.807, 2.05) is 0 Å². The third-order valence-corrected chi connectivity index (χ3v) is 2.36. The fraction of sp³-hybridized carbons (Fsp3) is 0.167. The summed E-state index contributed by atoms with van der Waals surface area (Å²) in [4.78, 5) is 8.12. The van der Waals surface area contributed by atoms with E-state index < -0.39 is 17.7 Å². The van der Waals surface area contributed by atoms with E-state index in [0.29, 0.717) is 11.3 Å². The molecular weight excluding hydrogens is 224 g/mol. The second kappa shape index (κ2) is 4.55. The van der Waals surface area contributed by atoms with Crippen LogP contribution >= 0.6 is 0 Å². The molecule has 17 heavy (non-hydrogen) atoms. The molecule has 0 saturated heterocycles. The first-order valence-electron chi connectivity index (χ1n) is 5.06. The number of rotatable bonds is 2. The number of benzene rings is 1. The quantitative estimate of drug-likeness (QED) is 0.867. The van der Waals surface area contributed by atoms with Gasteiger partial charge in [-0.1, -0.05) is 0 Å². The molecule has 2 rings (SSSR count). The summed E-state index contributed by atoms with van der Waals surface area (Å²) in [6.07, 6.45) is 3.06. The lowest BCUT2D eigenvalue weighted by molar-refractivity contribution is 0.577. The molecule has 0 bridgehead atoms. The average molecular weight is 235 g/mol. The summed E-state index contributed by atoms with van der Waals surface area (Å²) in [7, 11) is 0. The van der Waals surface area contributed by atoms with E-state index in [4.69, 9.17) is 5.73 Å². The molecule has 0 spiro atoms. The molecule has 5 heteroatoms. The highest BCUT2D eigenvalue weighted by Crippen LogP contribution is 2.19. The summed E-state index contributed by atoms with van der Waals surface area (Å²) in [5.41, 5.74) is 7.43. The van der Waals surface area contributed by atoms with Gasteiger partial charge < -0.3 is 5.73 Å². The summed E-state index contributed by atoms with van der Waals surface area (Å²) >= 11 is 0. The first-order chi connectivity index (χ1) is 8.06. The summed E-state index contributed by atoms with van der Waals surface area (Å²) in [6.45, 7) is 1.80. The minimum Gasteiger partial charge on any atom is -0.319 e. The Bertz CT molecular complexity index is 506. The van der Waals surface area contributed by atoms with Gasteiger partial charge >= 0.3 is 0 Å². The van der Waals surface area contributed by atoms with E-state index in [-0.39, 0.29) is 0 Å². The molecular formula is C12H11F2N3. The van der Waals surface area contributed by atoms with E-state index in [9.17, 15) is 8.78 Å². The average Bonchev–Trinajstić information content (AvgIpc) is 2.28. The van der Waals surface area contributed by atoms with Crippen LogP contribution in [0.1, 0.15) is 23.0 Å². The van der Waals surface area contributed by atoms with Gasteiger partial charge in [-0.15, -0.1) is 0 Å². The summed E-state index contributed by atoms with van der Waals surface area (Å²) in [6, 6.07) is 2.50. The van der Waals surface area contributed by atoms with E-state index >= 15 is 0 Å². The van der Waals surface area contributed by atoms with Crippen LogP contribution in [0.5, 0.6) is 0 Å². The van der Waals surface area contributed by atoms with Crippen molar-refractivity contribution in [1.29, 1.82) is 0 Å². The molecule has 0 amide bonds. The smallest absolute Gasteiger partial charge is 0.126 e. The van der Waals surface area contributed by atoms with E-state index in [2.05, 4.69) is 9.97 Å². The molecule has 0 aliphatic heterocycles. The molecule has 0 radical (unpaired) electrons. The van der Waals surface area contributed by atoms with Crippen LogP contribution in [0, 0.1) is 18.6 Å². The van der Waals surface area contributed by atoms with Crippen molar-refractivity contribution in [2.24, 2.45) is 5.73 Å². The van der Waals surface area contributed by atoms with Gasteiger partial charge in [0.1, 0.15) is 11.6 Å². The Morgan fingerprint density at radius 3 is 2.24 bits per heavy atom. The summed E-state index contributed by atoms with van der Waals surface area (Å²) in [5, 5.41) is 0. The van der Waals surface area contributed by atoms with Crippen LogP contribution < -0.4 is 5.73 Å². The van der Waals surface area contributed by atoms with Crippen LogP contribution in [0.2, 0.25) is 0 Å². The maximum absolute atomic E-state index is 13.0. The molecule has 2 aromatic rings. The predicted octanol–water partition coefficient (Wildman–Crippen LogP) is 2.11. The predicted molar refractivity (Wildman–Crippen MR) is 59.2 cm³/mol. The molecule has 0 saturated carbocycles. The van der Waals surface area contributed by atoms with E-state index in [0.717, 1.165) is 11.8 Å². The highest BCUT2D eigenvalue weighted by Gasteiger charge is 2.12. The lowest BCUT2D eigenvalue weighted by Crippen LogP contribution is -2.14. The third-order valence-electron chi connectivity index (χ3n) is 2.36. The van der Waals surface area contributed by atoms with Crippen molar-refractivity contribution < 1.29 is 8.78 Å². The minimum atomic E-state index is -0.687. The number of nitrogens with two attached hydrogens (primary N) is 1. The highest BCUT2D eigenvalue weighted by molar-refractivity contribution is 5.27. The van der Waals surface area contributed by atoms with Crippen molar-refractivity contribution in [1.82, 2.24) is 9.97 Å². The Morgan fingerprint density at radius 1 is 1.06 bits per heavy atom. The lowest BCUT2D eigenvalue weighted by atomic mass is 10.0. The Morgan fingerprint density at radius 2 is 1.71 bits per heavy atom. The van der Waals surface area contributed by atoms with Gasteiger partial charge in [-0.05, 0) is 24.6 Å². The normalized spacial score (nSPS) is 12.5. The van der Waals surface area contributed by atoms with Gasteiger partial charge in [0.15, 0.2) is 0 Å². The van der Waals surface area contributed by atoms with Gasteiger partial charge in [0, 0.05) is 12.3 Å². The molecule has 1 atom stereocenters. The number of aryl methyl sites for hydroxylation is 1. The molecule has 1 aromatic heterocycles. The monoisotopic (exact) mass is 235 g/mol. The molecule has 1 aromatic carbocycles. The van der Waals surface area contributed by atoms with Gasteiger partial charge in [0.25, 0.3) is 0 Å². The molecule has 0 fully saturated rings. The third kappa shape index (κ3) is 2.62. The fourth-order valence-electron chi connectivity index (χ4n) is 1.49. The molecule has 88 valence electrons. The zero-order valence-electron chi connectivity index (χ0n) is 9.19. The lowest BCUT2D eigenvalue weighted by Gasteiger charge is -2.11. The van der Waals surface area contributed by atoms with Crippen LogP contribution in [0.25, 0.3) is 0 Å². The second-order valence-corrected chi connectivity index (χ2v) is 3.76. The summed E-state index contributed by atoms with van der Waals surface area (Å²) in [5.74, 6) is -1.31. The van der Waals surface area contributed by atoms with E-state index in [1.54, 1.807) is 13.1 Å². The molecule has 3 nitrogen and oxygen atoms in total. The van der Waals surface area contributed by atoms with Gasteiger partial charge in [0.05, 0.1) is 23.6 Å². The first-order valence-corrected chi connectivity index (χ1v) is 5.06. The topological polar surface area (TPSA) is 51.8 Å². The fourth-order valence-corrected chi connectivity index (χ4v) is 1.49. The molecule has 1 heterocycles. The molecule has 0 aliphatic rings. The van der Waals surface area contributed by atoms with Crippen molar-refractivity contribution in [3.8, 4) is 0 Å². The van der Waals surface area contributed by atoms with Crippen molar-refractivity contribution in [2.75, 3.05) is 0 Å². The standard InChI is InChI=1S/C12H11F2N3/c1-7-5-17-11(6-16-7)12(15)8-2-9(13)4-10(14)3-8/h2-6,12H,15H2,1H3. The van der Waals surface area contributed by atoms with Crippen molar-refractivity contribution in [3.05, 3.63) is 59.2 Å². The number of hydrogen-bond acceptors (Lipinski definition) is 3. The van der Waals surface area contributed by atoms with Crippen LogP contribution in [0.3, 0.4) is 0 Å². The van der Waals surface area contributed by atoms with Crippen molar-refractivity contribution in [3.63, 3.8) is 0 Å². The van der Waals surface area contributed by atoms with Crippen LogP contribution in [0.4, 0.5) is 8.78 Å². The zero-order valence-corrected chi connectivity index (χ0v) is 9.19. The van der Waals surface area contributed by atoms with Crippen LogP contribution in [-0.4, -0.2) is 9.97 Å². The van der Waals surface area contributed by atoms with Crippen LogP contribution in [0.15, 0.2) is 30.6 Å². The Balaban J connectivity index is 2.36. The highest BCUT2D eigenvalue weighted by atomic mass is 19.1. The SMILES string of the molecule is Cc1cnc(C(N)c2cc(F)cc(F)c2)cn1. The second-order valence-electron chi connectivity index (χ2n) is 3.76. The first kappa shape index (κ1) is 11.6. The maximum Gasteiger partial charge on any atom is 0.126 e. The van der Waals surface area contributed by atoms with Gasteiger partial charge in [0.2, 0.25) is 0 Å². The van der Waals surface area contributed by atoms with E-state index in [1.165, 1.54) is 18.3 Å². The maximum atomic E-state index is 13.0. The van der Waals surface area contributed by atoms with Crippen molar-refractivity contribution in [2.45, 2.75) is 13.0 Å². The number of nitrogens with zero attached hydrogens (tertiary/aromatic N) is 2. The Labute approximate surface area is 97.3 Å². The number of aromatic nitrogens is 2. The molecule has 0 aliphatic carbocycles. The summed E-state index contributed by atoms with van der Waals surface area (Å²) < 4.78 is 26.1. The Hall–Kier alpha value is -1.88. The molecule has 1 unspecified atom stereocenters. The van der Waals surface area contributed by atoms with Gasteiger partial charge in [-0.2, -0.15) is 0 Å². The van der Waals surface area contributed by atoms with Crippen molar-refractivity contribution >= 4 is 0 Å². The van der Waals surface area contributed by atoms with Gasteiger partial charge in [-0.3, -0.25) is 9.97 Å². The minimum absolute atomic E-state index is 0.334. The number of halogens is 2. The molecule has 2 N–H and O–H groups in total.